The van der Waals surface area contributed by atoms with Gasteiger partial charge in [-0.2, -0.15) is 0 Å². The second-order valence-electron chi connectivity index (χ2n) is 8.09. The van der Waals surface area contributed by atoms with E-state index in [0.29, 0.717) is 31.8 Å². The summed E-state index contributed by atoms with van der Waals surface area (Å²) in [6.07, 6.45) is 10.0. The summed E-state index contributed by atoms with van der Waals surface area (Å²) in [5, 5.41) is 0. The molecule has 0 saturated carbocycles. The third kappa shape index (κ3) is 16.4. The third-order valence-corrected chi connectivity index (χ3v) is 4.66. The average Bonchev–Trinajstić information content (AvgIpc) is 2.54. The largest absolute Gasteiger partial charge is 0.466 e. The first kappa shape index (κ1) is 24.9. The number of hydrogen-bond donors (Lipinski definition) is 0. The summed E-state index contributed by atoms with van der Waals surface area (Å²) in [7, 11) is 0. The highest BCUT2D eigenvalue weighted by Crippen LogP contribution is 2.15. The maximum Gasteiger partial charge on any atom is 0.306 e. The fourth-order valence-corrected chi connectivity index (χ4v) is 2.87. The topological polar surface area (TPSA) is 52.6 Å². The Labute approximate surface area is 161 Å². The number of unbranched alkanes of at least 4 members (excludes halogenated alkanes) is 2. The first-order valence-electron chi connectivity index (χ1n) is 10.7. The first-order chi connectivity index (χ1) is 12.3. The Morgan fingerprint density at radius 1 is 0.769 bits per heavy atom. The van der Waals surface area contributed by atoms with Gasteiger partial charge in [-0.25, -0.2) is 0 Å². The van der Waals surface area contributed by atoms with E-state index in [1.165, 1.54) is 32.1 Å². The number of carbonyl (C=O) groups is 2. The molecule has 0 aliphatic heterocycles. The lowest BCUT2D eigenvalue weighted by atomic mass is 9.98. The summed E-state index contributed by atoms with van der Waals surface area (Å²) in [5.41, 5.74) is 0. The Bertz CT molecular complexity index is 365. The van der Waals surface area contributed by atoms with E-state index in [1.54, 1.807) is 0 Å². The molecule has 26 heavy (non-hydrogen) atoms. The third-order valence-electron chi connectivity index (χ3n) is 4.66. The monoisotopic (exact) mass is 370 g/mol. The van der Waals surface area contributed by atoms with Crippen molar-refractivity contribution in [1.29, 1.82) is 0 Å². The highest BCUT2D eigenvalue weighted by Gasteiger charge is 2.11. The minimum atomic E-state index is -0.208. The van der Waals surface area contributed by atoms with Gasteiger partial charge in [0, 0.05) is 12.8 Å². The molecular weight excluding hydrogens is 328 g/mol. The summed E-state index contributed by atoms with van der Waals surface area (Å²) < 4.78 is 10.6. The van der Waals surface area contributed by atoms with Crippen molar-refractivity contribution in [2.75, 3.05) is 6.61 Å². The van der Waals surface area contributed by atoms with Gasteiger partial charge in [0.1, 0.15) is 0 Å². The first-order valence-corrected chi connectivity index (χ1v) is 10.7. The molecule has 0 aromatic rings. The van der Waals surface area contributed by atoms with E-state index in [4.69, 9.17) is 9.47 Å². The molecule has 0 saturated heterocycles. The summed E-state index contributed by atoms with van der Waals surface area (Å²) in [6.45, 7) is 11.3. The molecule has 0 aromatic carbocycles. The van der Waals surface area contributed by atoms with Crippen molar-refractivity contribution in [3.05, 3.63) is 0 Å². The predicted octanol–water partition coefficient (Wildman–Crippen LogP) is 6.06. The van der Waals surface area contributed by atoms with Gasteiger partial charge >= 0.3 is 11.9 Å². The Morgan fingerprint density at radius 2 is 1.46 bits per heavy atom. The normalized spacial score (nSPS) is 13.5. The molecule has 2 unspecified atom stereocenters. The molecule has 154 valence electrons. The van der Waals surface area contributed by atoms with Crippen molar-refractivity contribution in [2.24, 2.45) is 11.8 Å². The fraction of sp³-hybridized carbons (Fsp3) is 0.909. The van der Waals surface area contributed by atoms with E-state index in [9.17, 15) is 9.59 Å². The Morgan fingerprint density at radius 3 is 2.12 bits per heavy atom. The quantitative estimate of drug-likeness (QED) is 0.245. The number of esters is 2. The minimum absolute atomic E-state index is 0.0295. The van der Waals surface area contributed by atoms with Crippen molar-refractivity contribution < 1.29 is 19.1 Å². The van der Waals surface area contributed by atoms with Crippen LogP contribution >= 0.6 is 0 Å². The van der Waals surface area contributed by atoms with Gasteiger partial charge in [0.25, 0.3) is 0 Å². The van der Waals surface area contributed by atoms with Gasteiger partial charge < -0.3 is 9.47 Å². The lowest BCUT2D eigenvalue weighted by Gasteiger charge is -2.13. The zero-order valence-electron chi connectivity index (χ0n) is 17.9. The van der Waals surface area contributed by atoms with Crippen LogP contribution in [0.5, 0.6) is 0 Å². The Hall–Kier alpha value is -1.06. The van der Waals surface area contributed by atoms with Crippen LogP contribution in [0.1, 0.15) is 105 Å². The van der Waals surface area contributed by atoms with Crippen molar-refractivity contribution >= 4 is 11.9 Å². The van der Waals surface area contributed by atoms with Crippen LogP contribution in [0.25, 0.3) is 0 Å². The van der Waals surface area contributed by atoms with Gasteiger partial charge in [0.2, 0.25) is 0 Å². The molecular formula is C22H42O4. The maximum atomic E-state index is 11.7. The lowest BCUT2D eigenvalue weighted by Crippen LogP contribution is -2.15. The van der Waals surface area contributed by atoms with Gasteiger partial charge in [0.05, 0.1) is 12.7 Å². The second-order valence-corrected chi connectivity index (χ2v) is 8.09. The Kier molecular flexibility index (Phi) is 15.5. The van der Waals surface area contributed by atoms with Gasteiger partial charge in [-0.3, -0.25) is 9.59 Å². The Balaban J connectivity index is 3.62. The molecule has 0 heterocycles. The lowest BCUT2D eigenvalue weighted by molar-refractivity contribution is -0.149. The van der Waals surface area contributed by atoms with Crippen LogP contribution in [0.15, 0.2) is 0 Å². The molecule has 0 aromatic heterocycles. The average molecular weight is 371 g/mol. The highest BCUT2D eigenvalue weighted by molar-refractivity contribution is 5.72. The van der Waals surface area contributed by atoms with Crippen molar-refractivity contribution in [3.63, 3.8) is 0 Å². The van der Waals surface area contributed by atoms with E-state index >= 15 is 0 Å². The molecule has 0 rings (SSSR count). The number of carbonyl (C=O) groups excluding carboxylic acids is 2. The number of rotatable bonds is 16. The van der Waals surface area contributed by atoms with E-state index in [1.807, 2.05) is 6.92 Å². The fourth-order valence-electron chi connectivity index (χ4n) is 2.87. The minimum Gasteiger partial charge on any atom is -0.466 e. The molecule has 0 radical (unpaired) electrons. The molecule has 0 spiro atoms. The zero-order chi connectivity index (χ0) is 19.8. The molecule has 0 aliphatic rings. The zero-order valence-corrected chi connectivity index (χ0v) is 17.9. The van der Waals surface area contributed by atoms with Crippen molar-refractivity contribution in [2.45, 2.75) is 111 Å². The van der Waals surface area contributed by atoms with Crippen LogP contribution in [-0.4, -0.2) is 24.6 Å². The molecule has 4 heteroatoms. The molecule has 2 atom stereocenters. The van der Waals surface area contributed by atoms with E-state index < -0.39 is 0 Å². The smallest absolute Gasteiger partial charge is 0.306 e. The molecule has 0 fully saturated rings. The summed E-state index contributed by atoms with van der Waals surface area (Å²) >= 11 is 0. The van der Waals surface area contributed by atoms with Crippen LogP contribution in [0.4, 0.5) is 0 Å². The standard InChI is InChI=1S/C22H42O4/c1-6-7-8-13-20(5)26-22(24)15-10-14-21(23)25-17-16-19(4)12-9-11-18(2)3/h18-20H,6-17H2,1-5H3. The summed E-state index contributed by atoms with van der Waals surface area (Å²) in [4.78, 5) is 23.5. The van der Waals surface area contributed by atoms with E-state index in [-0.39, 0.29) is 18.0 Å². The van der Waals surface area contributed by atoms with Crippen LogP contribution in [0, 0.1) is 11.8 Å². The van der Waals surface area contributed by atoms with Gasteiger partial charge in [0.15, 0.2) is 0 Å². The van der Waals surface area contributed by atoms with Gasteiger partial charge in [-0.1, -0.05) is 59.8 Å². The van der Waals surface area contributed by atoms with E-state index in [2.05, 4.69) is 27.7 Å². The van der Waals surface area contributed by atoms with Crippen LogP contribution in [0.2, 0.25) is 0 Å². The van der Waals surface area contributed by atoms with Crippen LogP contribution < -0.4 is 0 Å². The molecule has 0 amide bonds. The predicted molar refractivity (Wildman–Crippen MR) is 107 cm³/mol. The number of hydrogen-bond acceptors (Lipinski definition) is 4. The van der Waals surface area contributed by atoms with E-state index in [0.717, 1.165) is 25.2 Å². The molecule has 0 N–H and O–H groups in total. The SMILES string of the molecule is CCCCCC(C)OC(=O)CCCC(=O)OCCC(C)CCCC(C)C. The summed E-state index contributed by atoms with van der Waals surface area (Å²) in [6, 6.07) is 0. The van der Waals surface area contributed by atoms with Crippen molar-refractivity contribution in [3.8, 4) is 0 Å². The number of ether oxygens (including phenoxy) is 2. The van der Waals surface area contributed by atoms with Gasteiger partial charge in [-0.05, 0) is 44.4 Å². The molecule has 4 nitrogen and oxygen atoms in total. The second kappa shape index (κ2) is 16.1. The van der Waals surface area contributed by atoms with Crippen molar-refractivity contribution in [1.82, 2.24) is 0 Å². The maximum absolute atomic E-state index is 11.7. The highest BCUT2D eigenvalue weighted by atomic mass is 16.5. The molecule has 0 bridgehead atoms. The van der Waals surface area contributed by atoms with Gasteiger partial charge in [-0.15, -0.1) is 0 Å². The van der Waals surface area contributed by atoms with Crippen LogP contribution in [-0.2, 0) is 19.1 Å². The molecule has 0 aliphatic carbocycles. The summed E-state index contributed by atoms with van der Waals surface area (Å²) in [5.74, 6) is 0.931. The van der Waals surface area contributed by atoms with Crippen LogP contribution in [0.3, 0.4) is 0 Å².